The zero-order valence-corrected chi connectivity index (χ0v) is 13.4. The van der Waals surface area contributed by atoms with Crippen LogP contribution in [0.2, 0.25) is 5.02 Å². The second-order valence-corrected chi connectivity index (χ2v) is 6.01. The molecule has 0 radical (unpaired) electrons. The number of benzene rings is 1. The van der Waals surface area contributed by atoms with Crippen LogP contribution < -0.4 is 5.32 Å². The van der Waals surface area contributed by atoms with Crippen LogP contribution in [0.4, 0.5) is 4.39 Å². The summed E-state index contributed by atoms with van der Waals surface area (Å²) in [5.74, 6) is -0.432. The number of aliphatic imine (C=N–C) groups is 1. The first-order chi connectivity index (χ1) is 10.0. The molecule has 3 rings (SSSR count). The molecule has 0 fully saturated rings. The third-order valence-electron chi connectivity index (χ3n) is 3.44. The van der Waals surface area contributed by atoms with Crippen molar-refractivity contribution < 1.29 is 9.50 Å². The van der Waals surface area contributed by atoms with Gasteiger partial charge in [0.1, 0.15) is 16.6 Å². The van der Waals surface area contributed by atoms with Crippen molar-refractivity contribution in [1.82, 2.24) is 10.2 Å². The topological polar surface area (TPSA) is 47.9 Å². The molecule has 0 amide bonds. The summed E-state index contributed by atoms with van der Waals surface area (Å²) in [5, 5.41) is 13.2. The van der Waals surface area contributed by atoms with Crippen LogP contribution in [0.1, 0.15) is 11.1 Å². The van der Waals surface area contributed by atoms with E-state index >= 15 is 0 Å². The van der Waals surface area contributed by atoms with Gasteiger partial charge in [-0.25, -0.2) is 9.38 Å². The number of rotatable bonds is 2. The van der Waals surface area contributed by atoms with E-state index in [1.165, 1.54) is 6.07 Å². The second kappa shape index (κ2) is 5.44. The molecule has 1 unspecified atom stereocenters. The van der Waals surface area contributed by atoms with E-state index in [1.807, 2.05) is 11.8 Å². The molecule has 2 N–H and O–H groups in total. The van der Waals surface area contributed by atoms with Crippen molar-refractivity contribution in [2.45, 2.75) is 13.1 Å². The Morgan fingerprint density at radius 3 is 3.00 bits per heavy atom. The van der Waals surface area contributed by atoms with Crippen molar-refractivity contribution >= 4 is 39.4 Å². The van der Waals surface area contributed by atoms with Gasteiger partial charge in [0.2, 0.25) is 0 Å². The highest BCUT2D eigenvalue weighted by molar-refractivity contribution is 9.11. The molecule has 1 atom stereocenters. The summed E-state index contributed by atoms with van der Waals surface area (Å²) >= 11 is 9.22. The Hall–Kier alpha value is -1.37. The van der Waals surface area contributed by atoms with Gasteiger partial charge in [-0.15, -0.1) is 0 Å². The minimum Gasteiger partial charge on any atom is -0.390 e. The van der Waals surface area contributed by atoms with E-state index in [2.05, 4.69) is 26.2 Å². The maximum atomic E-state index is 14.2. The Bertz CT molecular complexity index is 702. The van der Waals surface area contributed by atoms with Crippen LogP contribution in [0.15, 0.2) is 33.6 Å². The van der Waals surface area contributed by atoms with Gasteiger partial charge in [0.15, 0.2) is 0 Å². The van der Waals surface area contributed by atoms with E-state index in [4.69, 9.17) is 11.6 Å². The van der Waals surface area contributed by atoms with Crippen molar-refractivity contribution in [2.75, 3.05) is 6.61 Å². The van der Waals surface area contributed by atoms with Crippen LogP contribution in [-0.2, 0) is 0 Å². The Morgan fingerprint density at radius 1 is 1.52 bits per heavy atom. The lowest BCUT2D eigenvalue weighted by Crippen LogP contribution is -2.37. The predicted octanol–water partition coefficient (Wildman–Crippen LogP) is 2.96. The number of fused-ring (bicyclic) bond motifs is 1. The average molecular weight is 373 g/mol. The molecule has 0 spiro atoms. The zero-order valence-electron chi connectivity index (χ0n) is 11.1. The number of nitrogens with one attached hydrogen (secondary N) is 1. The molecule has 2 aliphatic heterocycles. The highest BCUT2D eigenvalue weighted by Crippen LogP contribution is 2.33. The van der Waals surface area contributed by atoms with E-state index in [9.17, 15) is 9.50 Å². The molecule has 0 aromatic heterocycles. The van der Waals surface area contributed by atoms with E-state index in [0.717, 1.165) is 5.56 Å². The van der Waals surface area contributed by atoms with Crippen LogP contribution in [0.5, 0.6) is 0 Å². The summed E-state index contributed by atoms with van der Waals surface area (Å²) in [4.78, 5) is 5.96. The molecule has 1 aromatic rings. The van der Waals surface area contributed by atoms with Crippen molar-refractivity contribution in [3.8, 4) is 0 Å². The van der Waals surface area contributed by atoms with Gasteiger partial charge in [-0.2, -0.15) is 0 Å². The first-order valence-corrected chi connectivity index (χ1v) is 7.44. The quantitative estimate of drug-likeness (QED) is 0.785. The van der Waals surface area contributed by atoms with Crippen LogP contribution in [-0.4, -0.2) is 29.0 Å². The van der Waals surface area contributed by atoms with Crippen LogP contribution in [0.3, 0.4) is 0 Å². The van der Waals surface area contributed by atoms with Gasteiger partial charge in [-0.1, -0.05) is 11.6 Å². The predicted molar refractivity (Wildman–Crippen MR) is 84.4 cm³/mol. The third kappa shape index (κ3) is 2.47. The summed E-state index contributed by atoms with van der Waals surface area (Å²) in [6.45, 7) is 1.59. The van der Waals surface area contributed by atoms with Crippen molar-refractivity contribution in [2.24, 2.45) is 4.99 Å². The molecule has 1 aromatic carbocycles. The van der Waals surface area contributed by atoms with E-state index in [-0.39, 0.29) is 12.8 Å². The number of halogens is 3. The van der Waals surface area contributed by atoms with Gasteiger partial charge in [0.25, 0.3) is 0 Å². The average Bonchev–Trinajstić information content (AvgIpc) is 2.80. The fourth-order valence-electron chi connectivity index (χ4n) is 2.40. The summed E-state index contributed by atoms with van der Waals surface area (Å²) in [5.41, 5.74) is 2.29. The fourth-order valence-corrected chi connectivity index (χ4v) is 2.89. The fraction of sp³-hybridized carbons (Fsp3) is 0.214. The number of nitrogens with zero attached hydrogens (tertiary/aromatic N) is 2. The summed E-state index contributed by atoms with van der Waals surface area (Å²) in [7, 11) is 0. The van der Waals surface area contributed by atoms with E-state index in [1.54, 1.807) is 18.5 Å². The van der Waals surface area contributed by atoms with E-state index in [0.29, 0.717) is 26.6 Å². The second-order valence-electron chi connectivity index (χ2n) is 4.79. The highest BCUT2D eigenvalue weighted by Gasteiger charge is 2.32. The van der Waals surface area contributed by atoms with Crippen LogP contribution >= 0.6 is 27.5 Å². The molecule has 2 aliphatic rings. The number of aryl methyl sites for hydroxylation is 1. The number of hydrogen-bond acceptors (Lipinski definition) is 4. The van der Waals surface area contributed by atoms with Gasteiger partial charge >= 0.3 is 0 Å². The largest absolute Gasteiger partial charge is 0.390 e. The molecule has 4 nitrogen and oxygen atoms in total. The zero-order chi connectivity index (χ0) is 15.1. The number of aliphatic hydroxyl groups excluding tert-OH is 1. The molecule has 110 valence electrons. The maximum Gasteiger partial charge on any atom is 0.140 e. The Kier molecular flexibility index (Phi) is 3.77. The normalized spacial score (nSPS) is 20.5. The van der Waals surface area contributed by atoms with Gasteiger partial charge in [0, 0.05) is 23.0 Å². The molecular weight excluding hydrogens is 361 g/mol. The van der Waals surface area contributed by atoms with Crippen LogP contribution in [0.25, 0.3) is 5.70 Å². The summed E-state index contributed by atoms with van der Waals surface area (Å²) in [6.07, 6.45) is 3.20. The van der Waals surface area contributed by atoms with Gasteiger partial charge in [-0.3, -0.25) is 0 Å². The molecule has 0 saturated carbocycles. The molecule has 0 saturated heterocycles. The molecule has 0 bridgehead atoms. The summed E-state index contributed by atoms with van der Waals surface area (Å²) in [6, 6.07) is 2.96. The number of hydrogen-bond donors (Lipinski definition) is 2. The smallest absolute Gasteiger partial charge is 0.140 e. The summed E-state index contributed by atoms with van der Waals surface area (Å²) < 4.78 is 14.9. The highest BCUT2D eigenvalue weighted by atomic mass is 79.9. The van der Waals surface area contributed by atoms with Gasteiger partial charge in [-0.05, 0) is 40.5 Å². The molecule has 7 heteroatoms. The van der Waals surface area contributed by atoms with Gasteiger partial charge < -0.3 is 15.3 Å². The minimum absolute atomic E-state index is 0.218. The van der Waals surface area contributed by atoms with Crippen molar-refractivity contribution in [1.29, 1.82) is 0 Å². The third-order valence-corrected chi connectivity index (χ3v) is 4.26. The monoisotopic (exact) mass is 371 g/mol. The maximum absolute atomic E-state index is 14.2. The SMILES string of the molecule is Cc1cc(C2=C(CO)N3C=C(Br)N=CC3N2)c(F)cc1Cl. The Labute approximate surface area is 134 Å². The first kappa shape index (κ1) is 14.6. The minimum atomic E-state index is -0.432. The lowest BCUT2D eigenvalue weighted by Gasteiger charge is -2.24. The van der Waals surface area contributed by atoms with Gasteiger partial charge in [0.05, 0.1) is 18.0 Å². The van der Waals surface area contributed by atoms with Crippen molar-refractivity contribution in [3.05, 3.63) is 50.6 Å². The van der Waals surface area contributed by atoms with Crippen LogP contribution in [0, 0.1) is 12.7 Å². The molecule has 2 heterocycles. The molecule has 0 aliphatic carbocycles. The van der Waals surface area contributed by atoms with Crippen molar-refractivity contribution in [3.63, 3.8) is 0 Å². The lowest BCUT2D eigenvalue weighted by molar-refractivity contribution is 0.284. The Balaban J connectivity index is 2.11. The molecular formula is C14H12BrClFN3O. The lowest BCUT2D eigenvalue weighted by atomic mass is 10.1. The molecule has 21 heavy (non-hydrogen) atoms. The first-order valence-electron chi connectivity index (χ1n) is 6.27. The van der Waals surface area contributed by atoms with E-state index < -0.39 is 5.82 Å². The Morgan fingerprint density at radius 2 is 2.29 bits per heavy atom. The standard InChI is InChI=1S/C14H12BrClFN3O/c1-7-2-8(10(17)3-9(7)16)14-11(6-21)20-5-12(15)18-4-13(20)19-14/h2-5,13,19,21H,6H2,1H3. The number of aliphatic hydroxyl groups is 1.